The Balaban J connectivity index is 1.73. The molecule has 0 aliphatic carbocycles. The summed E-state index contributed by atoms with van der Waals surface area (Å²) in [4.78, 5) is 10.9. The lowest BCUT2D eigenvalue weighted by Gasteiger charge is -2.31. The van der Waals surface area contributed by atoms with E-state index in [2.05, 4.69) is 21.4 Å². The molecular weight excluding hydrogens is 468 g/mol. The van der Waals surface area contributed by atoms with Gasteiger partial charge in [-0.1, -0.05) is 34.6 Å². The second-order valence-corrected chi connectivity index (χ2v) is 10.2. The zero-order chi connectivity index (χ0) is 23.5. The van der Waals surface area contributed by atoms with Crippen LogP contribution in [0.1, 0.15) is 23.4 Å². The molecule has 0 amide bonds. The van der Waals surface area contributed by atoms with Crippen LogP contribution in [0, 0.1) is 18.3 Å². The van der Waals surface area contributed by atoms with Gasteiger partial charge in [-0.05, 0) is 36.8 Å². The molecule has 3 aromatic rings. The van der Waals surface area contributed by atoms with E-state index < -0.39 is 24.0 Å². The van der Waals surface area contributed by atoms with E-state index in [0.29, 0.717) is 62.7 Å². The SMILES string of the molecule is Cc1cc(-c2sc(NC(O)N3CC[S+]([O-])CC3)nc2-c2cccc(C#N)c2)cc(C(F)F)n1. The van der Waals surface area contributed by atoms with Gasteiger partial charge in [0.1, 0.15) is 17.2 Å². The molecule has 172 valence electrons. The summed E-state index contributed by atoms with van der Waals surface area (Å²) >= 11 is 0.346. The summed E-state index contributed by atoms with van der Waals surface area (Å²) in [5.74, 6) is 0.974. The number of hydrogen-bond donors (Lipinski definition) is 2. The number of hydrogen-bond acceptors (Lipinski definition) is 8. The van der Waals surface area contributed by atoms with Gasteiger partial charge in [-0.3, -0.25) is 9.88 Å². The first-order chi connectivity index (χ1) is 15.8. The monoisotopic (exact) mass is 489 g/mol. The standard InChI is InChI=1S/C22H21F2N5O2S2/c1-13-9-16(11-17(26-13)20(23)24)19-18(15-4-2-3-14(10-15)12-25)27-21(32-19)28-22(30)29-5-7-33(31)8-6-29/h2-4,9-11,20,22,30H,5-8H2,1H3,(H,27,28). The van der Waals surface area contributed by atoms with E-state index in [0.717, 1.165) is 0 Å². The summed E-state index contributed by atoms with van der Waals surface area (Å²) in [6, 6.07) is 12.0. The van der Waals surface area contributed by atoms with Crippen molar-refractivity contribution in [3.05, 3.63) is 53.3 Å². The minimum atomic E-state index is -2.72. The number of anilines is 1. The minimum Gasteiger partial charge on any atom is -0.616 e. The Bertz CT molecular complexity index is 1180. The van der Waals surface area contributed by atoms with Crippen LogP contribution in [0.25, 0.3) is 21.7 Å². The Hall–Kier alpha value is -2.62. The molecular formula is C22H21F2N5O2S2. The molecule has 4 rings (SSSR count). The highest BCUT2D eigenvalue weighted by molar-refractivity contribution is 7.91. The van der Waals surface area contributed by atoms with Crippen molar-refractivity contribution in [2.45, 2.75) is 19.7 Å². The summed E-state index contributed by atoms with van der Waals surface area (Å²) < 4.78 is 38.4. The lowest BCUT2D eigenvalue weighted by atomic mass is 10.0. The third-order valence-electron chi connectivity index (χ3n) is 5.16. The van der Waals surface area contributed by atoms with Crippen molar-refractivity contribution >= 4 is 27.6 Å². The van der Waals surface area contributed by atoms with Crippen LogP contribution in [0.3, 0.4) is 0 Å². The summed E-state index contributed by atoms with van der Waals surface area (Å²) in [5.41, 5.74) is 2.27. The predicted molar refractivity (Wildman–Crippen MR) is 124 cm³/mol. The number of nitrogens with zero attached hydrogens (tertiary/aromatic N) is 4. The number of nitriles is 1. The zero-order valence-electron chi connectivity index (χ0n) is 17.7. The van der Waals surface area contributed by atoms with Crippen molar-refractivity contribution in [3.63, 3.8) is 0 Å². The third kappa shape index (κ3) is 5.48. The number of aliphatic hydroxyl groups excluding tert-OH is 1. The van der Waals surface area contributed by atoms with Crippen LogP contribution >= 0.6 is 11.3 Å². The van der Waals surface area contributed by atoms with Crippen molar-refractivity contribution in [3.8, 4) is 27.8 Å². The highest BCUT2D eigenvalue weighted by Gasteiger charge is 2.26. The lowest BCUT2D eigenvalue weighted by Crippen LogP contribution is -2.49. The first kappa shape index (κ1) is 23.5. The number of rotatable bonds is 6. The maximum Gasteiger partial charge on any atom is 0.280 e. The van der Waals surface area contributed by atoms with E-state index in [4.69, 9.17) is 0 Å². The van der Waals surface area contributed by atoms with Gasteiger partial charge in [-0.2, -0.15) is 5.26 Å². The highest BCUT2D eigenvalue weighted by Crippen LogP contribution is 2.40. The summed E-state index contributed by atoms with van der Waals surface area (Å²) in [7, 11) is 0. The number of aliphatic hydroxyl groups is 1. The first-order valence-corrected chi connectivity index (χ1v) is 12.5. The van der Waals surface area contributed by atoms with E-state index >= 15 is 0 Å². The normalized spacial score (nSPS) is 16.0. The molecule has 1 aliphatic rings. The van der Waals surface area contributed by atoms with Crippen LogP contribution in [0.15, 0.2) is 36.4 Å². The maximum atomic E-state index is 13.4. The molecule has 11 heteroatoms. The third-order valence-corrected chi connectivity index (χ3v) is 7.47. The van der Waals surface area contributed by atoms with E-state index in [1.807, 2.05) is 0 Å². The molecule has 0 radical (unpaired) electrons. The fraction of sp³-hybridized carbons (Fsp3) is 0.318. The van der Waals surface area contributed by atoms with Gasteiger partial charge in [-0.15, -0.1) is 0 Å². The van der Waals surface area contributed by atoms with Crippen LogP contribution in [-0.4, -0.2) is 55.5 Å². The molecule has 3 heterocycles. The Kier molecular flexibility index (Phi) is 7.21. The van der Waals surface area contributed by atoms with Gasteiger partial charge in [0.2, 0.25) is 0 Å². The van der Waals surface area contributed by atoms with Crippen LogP contribution in [-0.2, 0) is 11.2 Å². The van der Waals surface area contributed by atoms with Crippen molar-refractivity contribution in [2.75, 3.05) is 29.9 Å². The molecule has 1 atom stereocenters. The number of nitrogens with one attached hydrogen (secondary N) is 1. The molecule has 1 aliphatic heterocycles. The van der Waals surface area contributed by atoms with Crippen molar-refractivity contribution < 1.29 is 18.4 Å². The minimum absolute atomic E-state index is 0.328. The fourth-order valence-corrected chi connectivity index (χ4v) is 5.62. The lowest BCUT2D eigenvalue weighted by molar-refractivity contribution is 0.0327. The van der Waals surface area contributed by atoms with Gasteiger partial charge in [0.25, 0.3) is 6.43 Å². The van der Waals surface area contributed by atoms with Crippen LogP contribution in [0.5, 0.6) is 0 Å². The molecule has 1 aromatic carbocycles. The quantitative estimate of drug-likeness (QED) is 0.401. The van der Waals surface area contributed by atoms with Crippen molar-refractivity contribution in [2.24, 2.45) is 0 Å². The number of pyridine rings is 1. The average Bonchev–Trinajstić information content (AvgIpc) is 3.23. The summed E-state index contributed by atoms with van der Waals surface area (Å²) in [6.07, 6.45) is -3.75. The molecule has 7 nitrogen and oxygen atoms in total. The Morgan fingerprint density at radius 1 is 1.21 bits per heavy atom. The van der Waals surface area contributed by atoms with Gasteiger partial charge in [0.05, 0.1) is 22.2 Å². The maximum absolute atomic E-state index is 13.4. The molecule has 1 fully saturated rings. The molecule has 1 unspecified atom stereocenters. The molecule has 0 bridgehead atoms. The second kappa shape index (κ2) is 10.1. The zero-order valence-corrected chi connectivity index (χ0v) is 19.3. The van der Waals surface area contributed by atoms with Crippen molar-refractivity contribution in [1.82, 2.24) is 14.9 Å². The van der Waals surface area contributed by atoms with Crippen LogP contribution < -0.4 is 5.32 Å². The molecule has 2 aromatic heterocycles. The fourth-order valence-electron chi connectivity index (χ4n) is 3.54. The number of alkyl halides is 2. The van der Waals surface area contributed by atoms with Crippen LogP contribution in [0.4, 0.5) is 13.9 Å². The van der Waals surface area contributed by atoms with Crippen LogP contribution in [0.2, 0.25) is 0 Å². The average molecular weight is 490 g/mol. The smallest absolute Gasteiger partial charge is 0.280 e. The molecule has 0 saturated carbocycles. The molecule has 33 heavy (non-hydrogen) atoms. The van der Waals surface area contributed by atoms with Gasteiger partial charge in [-0.25, -0.2) is 13.8 Å². The molecule has 1 saturated heterocycles. The van der Waals surface area contributed by atoms with Gasteiger partial charge < -0.3 is 15.0 Å². The Morgan fingerprint density at radius 2 is 1.97 bits per heavy atom. The predicted octanol–water partition coefficient (Wildman–Crippen LogP) is 3.74. The highest BCUT2D eigenvalue weighted by atomic mass is 32.2. The van der Waals surface area contributed by atoms with E-state index in [9.17, 15) is 23.7 Å². The Morgan fingerprint density at radius 3 is 2.67 bits per heavy atom. The van der Waals surface area contributed by atoms with E-state index in [-0.39, 0.29) is 5.69 Å². The van der Waals surface area contributed by atoms with E-state index in [1.165, 1.54) is 17.4 Å². The topological polar surface area (TPSA) is 108 Å². The molecule has 2 N–H and O–H groups in total. The summed E-state index contributed by atoms with van der Waals surface area (Å²) in [5, 5.41) is 23.3. The summed E-state index contributed by atoms with van der Waals surface area (Å²) in [6.45, 7) is 2.62. The number of thiazole rings is 1. The second-order valence-electron chi connectivity index (χ2n) is 7.51. The van der Waals surface area contributed by atoms with Gasteiger partial charge in [0.15, 0.2) is 11.5 Å². The van der Waals surface area contributed by atoms with E-state index in [1.54, 1.807) is 42.2 Å². The number of aromatic nitrogens is 2. The number of benzene rings is 1. The van der Waals surface area contributed by atoms with Crippen molar-refractivity contribution in [1.29, 1.82) is 5.26 Å². The largest absolute Gasteiger partial charge is 0.616 e. The number of aryl methyl sites for hydroxylation is 1. The first-order valence-electron chi connectivity index (χ1n) is 10.2. The number of halogens is 2. The Labute approximate surface area is 196 Å². The van der Waals surface area contributed by atoms with Gasteiger partial charge in [0, 0.05) is 24.3 Å². The molecule has 0 spiro atoms. The van der Waals surface area contributed by atoms with Gasteiger partial charge >= 0.3 is 0 Å².